The highest BCUT2D eigenvalue weighted by atomic mass is 15.1. The van der Waals surface area contributed by atoms with E-state index in [2.05, 4.69) is 23.0 Å². The van der Waals surface area contributed by atoms with E-state index in [1.807, 2.05) is 24.5 Å². The highest BCUT2D eigenvalue weighted by Crippen LogP contribution is 2.49. The Labute approximate surface area is 96.7 Å². The number of hydrogen-bond donors (Lipinski definition) is 0. The first-order valence-corrected chi connectivity index (χ1v) is 5.69. The van der Waals surface area contributed by atoms with Crippen molar-refractivity contribution in [2.75, 3.05) is 13.6 Å². The molecule has 16 heavy (non-hydrogen) atoms. The first-order chi connectivity index (χ1) is 7.74. The maximum atomic E-state index is 8.77. The molecule has 84 valence electrons. The summed E-state index contributed by atoms with van der Waals surface area (Å²) in [6.45, 7) is 1.97. The van der Waals surface area contributed by atoms with E-state index in [1.165, 1.54) is 18.4 Å². The third-order valence-electron chi connectivity index (χ3n) is 3.22. The van der Waals surface area contributed by atoms with Crippen LogP contribution in [0.5, 0.6) is 0 Å². The van der Waals surface area contributed by atoms with E-state index in [4.69, 9.17) is 5.26 Å². The molecule has 1 aliphatic rings. The fourth-order valence-electron chi connectivity index (χ4n) is 2.16. The minimum atomic E-state index is 0.302. The molecule has 0 N–H and O–H groups in total. The number of pyridine rings is 1. The lowest BCUT2D eigenvalue weighted by atomic mass is 10.0. The van der Waals surface area contributed by atoms with Crippen molar-refractivity contribution in [1.29, 1.82) is 5.26 Å². The Kier molecular flexibility index (Phi) is 3.21. The third kappa shape index (κ3) is 2.80. The molecule has 0 aromatic carbocycles. The van der Waals surface area contributed by atoms with Gasteiger partial charge >= 0.3 is 0 Å². The van der Waals surface area contributed by atoms with Gasteiger partial charge in [0.2, 0.25) is 0 Å². The van der Waals surface area contributed by atoms with Gasteiger partial charge in [0.15, 0.2) is 0 Å². The van der Waals surface area contributed by atoms with Crippen LogP contribution in [0.1, 0.15) is 24.8 Å². The van der Waals surface area contributed by atoms with Crippen LogP contribution in [-0.2, 0) is 6.54 Å². The largest absolute Gasteiger partial charge is 0.302 e. The van der Waals surface area contributed by atoms with Crippen LogP contribution in [0.2, 0.25) is 0 Å². The van der Waals surface area contributed by atoms with E-state index < -0.39 is 0 Å². The minimum absolute atomic E-state index is 0.302. The molecule has 0 unspecified atom stereocenters. The molecule has 0 amide bonds. The van der Waals surface area contributed by atoms with E-state index in [0.29, 0.717) is 11.8 Å². The van der Waals surface area contributed by atoms with Crippen molar-refractivity contribution in [3.8, 4) is 6.07 Å². The summed E-state index contributed by atoms with van der Waals surface area (Å²) in [5.41, 5.74) is 1.58. The number of nitrogens with zero attached hydrogens (tertiary/aromatic N) is 3. The molecule has 1 aromatic rings. The lowest BCUT2D eigenvalue weighted by Crippen LogP contribution is -2.26. The van der Waals surface area contributed by atoms with Crippen molar-refractivity contribution < 1.29 is 0 Å². The van der Waals surface area contributed by atoms with Crippen LogP contribution in [0.4, 0.5) is 0 Å². The summed E-state index contributed by atoms with van der Waals surface area (Å²) in [6.07, 6.45) is 6.77. The predicted octanol–water partition coefficient (Wildman–Crippen LogP) is 2.21. The summed E-state index contributed by atoms with van der Waals surface area (Å²) < 4.78 is 0. The van der Waals surface area contributed by atoms with E-state index in [0.717, 1.165) is 13.1 Å². The SMILES string of the molecule is CN(Cc1ccncc1)CC1(CC#N)CC1. The molecule has 0 saturated heterocycles. The second kappa shape index (κ2) is 4.63. The molecule has 0 aliphatic heterocycles. The Morgan fingerprint density at radius 3 is 2.69 bits per heavy atom. The molecule has 1 fully saturated rings. The van der Waals surface area contributed by atoms with Crippen molar-refractivity contribution in [2.24, 2.45) is 5.41 Å². The first kappa shape index (κ1) is 11.1. The molecule has 1 heterocycles. The van der Waals surface area contributed by atoms with E-state index in [1.54, 1.807) is 0 Å². The Hall–Kier alpha value is -1.40. The summed E-state index contributed by atoms with van der Waals surface area (Å²) in [5.74, 6) is 0. The van der Waals surface area contributed by atoms with Crippen molar-refractivity contribution in [3.63, 3.8) is 0 Å². The average molecular weight is 215 g/mol. The third-order valence-corrected chi connectivity index (χ3v) is 3.22. The molecular formula is C13H17N3. The van der Waals surface area contributed by atoms with Gasteiger partial charge in [0.25, 0.3) is 0 Å². The maximum absolute atomic E-state index is 8.77. The summed E-state index contributed by atoms with van der Waals surface area (Å²) in [7, 11) is 2.12. The van der Waals surface area contributed by atoms with E-state index in [9.17, 15) is 0 Å². The maximum Gasteiger partial charge on any atom is 0.0628 e. The predicted molar refractivity (Wildman–Crippen MR) is 62.5 cm³/mol. The fourth-order valence-corrected chi connectivity index (χ4v) is 2.16. The summed E-state index contributed by atoms with van der Waals surface area (Å²) in [5, 5.41) is 8.77. The Morgan fingerprint density at radius 2 is 2.12 bits per heavy atom. The Balaban J connectivity index is 1.86. The quantitative estimate of drug-likeness (QED) is 0.756. The van der Waals surface area contributed by atoms with Crippen LogP contribution >= 0.6 is 0 Å². The van der Waals surface area contributed by atoms with Crippen molar-refractivity contribution in [2.45, 2.75) is 25.8 Å². The van der Waals surface area contributed by atoms with E-state index >= 15 is 0 Å². The number of nitriles is 1. The molecule has 3 nitrogen and oxygen atoms in total. The molecule has 1 saturated carbocycles. The van der Waals surface area contributed by atoms with Crippen LogP contribution in [-0.4, -0.2) is 23.5 Å². The van der Waals surface area contributed by atoms with Crippen LogP contribution in [0, 0.1) is 16.7 Å². The molecule has 3 heteroatoms. The summed E-state index contributed by atoms with van der Waals surface area (Å²) in [4.78, 5) is 6.31. The highest BCUT2D eigenvalue weighted by Gasteiger charge is 2.42. The van der Waals surface area contributed by atoms with Gasteiger partial charge in [-0.3, -0.25) is 4.98 Å². The average Bonchev–Trinajstić information content (AvgIpc) is 2.99. The molecule has 0 bridgehead atoms. The normalized spacial score (nSPS) is 17.1. The minimum Gasteiger partial charge on any atom is -0.302 e. The van der Waals surface area contributed by atoms with Crippen molar-refractivity contribution in [3.05, 3.63) is 30.1 Å². The standard InChI is InChI=1S/C13H17N3/c1-16(10-12-2-8-15-9-3-12)11-13(4-5-13)6-7-14/h2-3,8-9H,4-6,10-11H2,1H3. The molecule has 1 aliphatic carbocycles. The van der Waals surface area contributed by atoms with Gasteiger partial charge in [-0.25, -0.2) is 0 Å². The van der Waals surface area contributed by atoms with Crippen molar-refractivity contribution in [1.82, 2.24) is 9.88 Å². The molecule has 2 rings (SSSR count). The van der Waals surface area contributed by atoms with Gasteiger partial charge in [0.05, 0.1) is 6.07 Å². The second-order valence-electron chi connectivity index (χ2n) is 4.86. The molecule has 1 aromatic heterocycles. The number of rotatable bonds is 5. The number of hydrogen-bond acceptors (Lipinski definition) is 3. The molecule has 0 radical (unpaired) electrons. The summed E-state index contributed by atoms with van der Waals surface area (Å²) in [6, 6.07) is 6.39. The molecule has 0 spiro atoms. The summed E-state index contributed by atoms with van der Waals surface area (Å²) >= 11 is 0. The van der Waals surface area contributed by atoms with Gasteiger partial charge in [-0.1, -0.05) is 0 Å². The lowest BCUT2D eigenvalue weighted by molar-refractivity contribution is 0.257. The van der Waals surface area contributed by atoms with Gasteiger partial charge in [-0.2, -0.15) is 5.26 Å². The Bertz CT molecular complexity index is 376. The first-order valence-electron chi connectivity index (χ1n) is 5.69. The lowest BCUT2D eigenvalue weighted by Gasteiger charge is -2.21. The Morgan fingerprint density at radius 1 is 1.44 bits per heavy atom. The molecule has 0 atom stereocenters. The topological polar surface area (TPSA) is 39.9 Å². The van der Waals surface area contributed by atoms with Crippen molar-refractivity contribution >= 4 is 0 Å². The monoisotopic (exact) mass is 215 g/mol. The number of aromatic nitrogens is 1. The fraction of sp³-hybridized carbons (Fsp3) is 0.538. The van der Waals surface area contributed by atoms with Crippen LogP contribution in [0.15, 0.2) is 24.5 Å². The van der Waals surface area contributed by atoms with Gasteiger partial charge in [0.1, 0.15) is 0 Å². The smallest absolute Gasteiger partial charge is 0.0628 e. The zero-order valence-electron chi connectivity index (χ0n) is 9.69. The second-order valence-corrected chi connectivity index (χ2v) is 4.86. The zero-order chi connectivity index (χ0) is 11.4. The van der Waals surface area contributed by atoms with Gasteiger partial charge in [-0.05, 0) is 43.0 Å². The molecular weight excluding hydrogens is 198 g/mol. The van der Waals surface area contributed by atoms with Crippen LogP contribution < -0.4 is 0 Å². The highest BCUT2D eigenvalue weighted by molar-refractivity contribution is 5.10. The van der Waals surface area contributed by atoms with Gasteiger partial charge in [-0.15, -0.1) is 0 Å². The van der Waals surface area contributed by atoms with Crippen LogP contribution in [0.25, 0.3) is 0 Å². The zero-order valence-corrected chi connectivity index (χ0v) is 9.69. The van der Waals surface area contributed by atoms with Gasteiger partial charge < -0.3 is 4.90 Å². The van der Waals surface area contributed by atoms with Crippen LogP contribution in [0.3, 0.4) is 0 Å². The van der Waals surface area contributed by atoms with E-state index in [-0.39, 0.29) is 0 Å². The van der Waals surface area contributed by atoms with Gasteiger partial charge in [0, 0.05) is 31.9 Å².